The molecule has 2 rings (SSSR count). The van der Waals surface area contributed by atoms with Gasteiger partial charge in [0.1, 0.15) is 5.75 Å². The molecule has 0 fully saturated rings. The molecule has 0 spiro atoms. The minimum atomic E-state index is 0.186. The minimum absolute atomic E-state index is 0.186. The van der Waals surface area contributed by atoms with Crippen LogP contribution in [0.5, 0.6) is 5.75 Å². The molecule has 3 heteroatoms. The van der Waals surface area contributed by atoms with E-state index in [0.717, 1.165) is 17.7 Å². The summed E-state index contributed by atoms with van der Waals surface area (Å²) in [5.41, 5.74) is 7.09. The molecule has 0 heterocycles. The average molecular weight is 244 g/mol. The molecule has 0 radical (unpaired) electrons. The van der Waals surface area contributed by atoms with Gasteiger partial charge in [-0.05, 0) is 23.6 Å². The number of nitrogens with one attached hydrogen (secondary N) is 1. The number of methoxy groups -OCH3 is 1. The summed E-state index contributed by atoms with van der Waals surface area (Å²) in [6, 6.07) is 12.6. The molecule has 0 aliphatic rings. The normalized spacial score (nSPS) is 12.6. The van der Waals surface area contributed by atoms with Crippen molar-refractivity contribution >= 4 is 10.8 Å². The molecule has 0 bridgehead atoms. The van der Waals surface area contributed by atoms with Crippen LogP contribution in [0.25, 0.3) is 10.8 Å². The molecule has 1 atom stereocenters. The Morgan fingerprint density at radius 2 is 1.89 bits per heavy atom. The van der Waals surface area contributed by atoms with Gasteiger partial charge in [0.15, 0.2) is 0 Å². The maximum absolute atomic E-state index is 5.86. The summed E-state index contributed by atoms with van der Waals surface area (Å²) in [4.78, 5) is 0. The zero-order valence-corrected chi connectivity index (χ0v) is 10.9. The molecule has 0 saturated carbocycles. The highest BCUT2D eigenvalue weighted by molar-refractivity contribution is 5.91. The maximum Gasteiger partial charge on any atom is 0.126 e. The molecule has 0 aliphatic carbocycles. The van der Waals surface area contributed by atoms with Gasteiger partial charge in [-0.1, -0.05) is 37.3 Å². The van der Waals surface area contributed by atoms with Gasteiger partial charge in [-0.3, -0.25) is 0 Å². The van der Waals surface area contributed by atoms with Crippen molar-refractivity contribution in [2.75, 3.05) is 20.2 Å². The Bertz CT molecular complexity index is 525. The lowest BCUT2D eigenvalue weighted by Gasteiger charge is -2.19. The van der Waals surface area contributed by atoms with Gasteiger partial charge in [-0.2, -0.15) is 0 Å². The first-order chi connectivity index (χ1) is 8.81. The summed E-state index contributed by atoms with van der Waals surface area (Å²) >= 11 is 0. The Kier molecular flexibility index (Phi) is 4.18. The van der Waals surface area contributed by atoms with Gasteiger partial charge in [-0.15, -0.1) is 0 Å². The molecule has 0 aliphatic heterocycles. The van der Waals surface area contributed by atoms with Crippen molar-refractivity contribution in [1.82, 2.24) is 5.32 Å². The topological polar surface area (TPSA) is 47.3 Å². The fraction of sp³-hybridized carbons (Fsp3) is 0.333. The highest BCUT2D eigenvalue weighted by Crippen LogP contribution is 2.31. The van der Waals surface area contributed by atoms with E-state index in [1.165, 1.54) is 10.9 Å². The number of fused-ring (bicyclic) bond motifs is 1. The Morgan fingerprint density at radius 3 is 2.50 bits per heavy atom. The molecule has 3 N–H and O–H groups in total. The fourth-order valence-corrected chi connectivity index (χ4v) is 2.34. The third kappa shape index (κ3) is 2.33. The van der Waals surface area contributed by atoms with Gasteiger partial charge in [0.2, 0.25) is 0 Å². The van der Waals surface area contributed by atoms with E-state index in [1.807, 2.05) is 18.2 Å². The zero-order valence-electron chi connectivity index (χ0n) is 10.9. The summed E-state index contributed by atoms with van der Waals surface area (Å²) in [5, 5.41) is 5.75. The van der Waals surface area contributed by atoms with E-state index in [0.29, 0.717) is 6.54 Å². The van der Waals surface area contributed by atoms with Crippen LogP contribution < -0.4 is 15.8 Å². The third-order valence-corrected chi connectivity index (χ3v) is 3.20. The summed E-state index contributed by atoms with van der Waals surface area (Å²) in [6.45, 7) is 3.58. The Hall–Kier alpha value is -1.58. The van der Waals surface area contributed by atoms with Crippen molar-refractivity contribution in [2.45, 2.75) is 13.0 Å². The zero-order chi connectivity index (χ0) is 13.0. The Balaban J connectivity index is 2.58. The van der Waals surface area contributed by atoms with Gasteiger partial charge >= 0.3 is 0 Å². The van der Waals surface area contributed by atoms with E-state index in [9.17, 15) is 0 Å². The van der Waals surface area contributed by atoms with Gasteiger partial charge in [0, 0.05) is 18.0 Å². The highest BCUT2D eigenvalue weighted by Gasteiger charge is 2.13. The molecular weight excluding hydrogens is 224 g/mol. The lowest BCUT2D eigenvalue weighted by Crippen LogP contribution is -2.28. The minimum Gasteiger partial charge on any atom is -0.496 e. The summed E-state index contributed by atoms with van der Waals surface area (Å²) in [5.74, 6) is 0.904. The van der Waals surface area contributed by atoms with Crippen LogP contribution in [0.3, 0.4) is 0 Å². The molecule has 1 unspecified atom stereocenters. The number of hydrogen-bond acceptors (Lipinski definition) is 3. The van der Waals surface area contributed by atoms with Crippen LogP contribution in [0, 0.1) is 0 Å². The number of benzene rings is 2. The number of likely N-dealkylation sites (N-methyl/N-ethyl adjacent to an activating group) is 1. The van der Waals surface area contributed by atoms with Crippen LogP contribution in [0.2, 0.25) is 0 Å². The van der Waals surface area contributed by atoms with Crippen molar-refractivity contribution in [1.29, 1.82) is 0 Å². The monoisotopic (exact) mass is 244 g/mol. The lowest BCUT2D eigenvalue weighted by atomic mass is 9.98. The van der Waals surface area contributed by atoms with E-state index >= 15 is 0 Å². The predicted molar refractivity (Wildman–Crippen MR) is 76.0 cm³/mol. The first-order valence-corrected chi connectivity index (χ1v) is 6.30. The van der Waals surface area contributed by atoms with Gasteiger partial charge < -0.3 is 15.8 Å². The van der Waals surface area contributed by atoms with E-state index in [-0.39, 0.29) is 6.04 Å². The molecular formula is C15H20N2O. The number of ether oxygens (including phenoxy) is 1. The molecule has 96 valence electrons. The Morgan fingerprint density at radius 1 is 1.17 bits per heavy atom. The largest absolute Gasteiger partial charge is 0.496 e. The maximum atomic E-state index is 5.86. The van der Waals surface area contributed by atoms with Crippen LogP contribution in [0.15, 0.2) is 36.4 Å². The molecule has 3 nitrogen and oxygen atoms in total. The van der Waals surface area contributed by atoms with Gasteiger partial charge in [0.05, 0.1) is 7.11 Å². The second-order valence-electron chi connectivity index (χ2n) is 4.25. The first-order valence-electron chi connectivity index (χ1n) is 6.30. The predicted octanol–water partition coefficient (Wildman–Crippen LogP) is 2.46. The van der Waals surface area contributed by atoms with Crippen LogP contribution in [-0.4, -0.2) is 20.2 Å². The number of hydrogen-bond donors (Lipinski definition) is 2. The van der Waals surface area contributed by atoms with E-state index in [4.69, 9.17) is 10.5 Å². The van der Waals surface area contributed by atoms with Crippen LogP contribution in [-0.2, 0) is 0 Å². The number of nitrogens with two attached hydrogens (primary N) is 1. The standard InChI is InChI=1S/C15H20N2O/c1-3-17-14(10-16)12-8-9-15(18-2)13-7-5-4-6-11(12)13/h4-9,14,17H,3,10,16H2,1-2H3. The van der Waals surface area contributed by atoms with E-state index < -0.39 is 0 Å². The van der Waals surface area contributed by atoms with Crippen LogP contribution >= 0.6 is 0 Å². The summed E-state index contributed by atoms with van der Waals surface area (Å²) in [7, 11) is 1.70. The Labute approximate surface area is 108 Å². The van der Waals surface area contributed by atoms with Crippen molar-refractivity contribution in [3.63, 3.8) is 0 Å². The van der Waals surface area contributed by atoms with Crippen molar-refractivity contribution in [2.24, 2.45) is 5.73 Å². The van der Waals surface area contributed by atoms with Gasteiger partial charge in [0.25, 0.3) is 0 Å². The van der Waals surface area contributed by atoms with Crippen molar-refractivity contribution in [3.05, 3.63) is 42.0 Å². The van der Waals surface area contributed by atoms with Crippen molar-refractivity contribution in [3.8, 4) is 5.75 Å². The fourth-order valence-electron chi connectivity index (χ4n) is 2.34. The van der Waals surface area contributed by atoms with Crippen LogP contribution in [0.4, 0.5) is 0 Å². The smallest absolute Gasteiger partial charge is 0.126 e. The van der Waals surface area contributed by atoms with Crippen LogP contribution in [0.1, 0.15) is 18.5 Å². The second-order valence-corrected chi connectivity index (χ2v) is 4.25. The molecule has 2 aromatic carbocycles. The van der Waals surface area contributed by atoms with Gasteiger partial charge in [-0.25, -0.2) is 0 Å². The third-order valence-electron chi connectivity index (χ3n) is 3.20. The van der Waals surface area contributed by atoms with E-state index in [1.54, 1.807) is 7.11 Å². The highest BCUT2D eigenvalue weighted by atomic mass is 16.5. The molecule has 0 amide bonds. The lowest BCUT2D eigenvalue weighted by molar-refractivity contribution is 0.419. The van der Waals surface area contributed by atoms with Crippen molar-refractivity contribution < 1.29 is 4.74 Å². The quantitative estimate of drug-likeness (QED) is 0.849. The molecule has 0 aromatic heterocycles. The SMILES string of the molecule is CCNC(CN)c1ccc(OC)c2ccccc12. The average Bonchev–Trinajstić information content (AvgIpc) is 2.44. The molecule has 2 aromatic rings. The summed E-state index contributed by atoms with van der Waals surface area (Å²) in [6.07, 6.45) is 0. The second kappa shape index (κ2) is 5.85. The first kappa shape index (κ1) is 12.9. The summed E-state index contributed by atoms with van der Waals surface area (Å²) < 4.78 is 5.40. The van der Waals surface area contributed by atoms with E-state index in [2.05, 4.69) is 30.4 Å². The molecule has 0 saturated heterocycles. The number of rotatable bonds is 5. The molecule has 18 heavy (non-hydrogen) atoms.